The van der Waals surface area contributed by atoms with Gasteiger partial charge in [0.25, 0.3) is 5.91 Å². The van der Waals surface area contributed by atoms with Crippen LogP contribution in [-0.4, -0.2) is 42.8 Å². The summed E-state index contributed by atoms with van der Waals surface area (Å²) in [4.78, 5) is 15.4. The number of anilines is 1. The van der Waals surface area contributed by atoms with Gasteiger partial charge >= 0.3 is 0 Å². The second-order valence-electron chi connectivity index (χ2n) is 7.83. The predicted octanol–water partition coefficient (Wildman–Crippen LogP) is 3.19. The Balaban J connectivity index is 1.75. The van der Waals surface area contributed by atoms with Crippen molar-refractivity contribution in [2.45, 2.75) is 46.2 Å². The number of hydrogen-bond donors (Lipinski definition) is 1. The molecule has 1 aliphatic carbocycles. The summed E-state index contributed by atoms with van der Waals surface area (Å²) in [5, 5.41) is 3.19. The summed E-state index contributed by atoms with van der Waals surface area (Å²) in [7, 11) is 0. The Kier molecular flexibility index (Phi) is 4.96. The van der Waals surface area contributed by atoms with Crippen LogP contribution in [0.4, 0.5) is 5.69 Å². The van der Waals surface area contributed by atoms with Gasteiger partial charge in [-0.15, -0.1) is 0 Å². The molecular weight excluding hydrogens is 338 g/mol. The van der Waals surface area contributed by atoms with Crippen LogP contribution in [0.25, 0.3) is 0 Å². The van der Waals surface area contributed by atoms with Gasteiger partial charge in [-0.3, -0.25) is 4.79 Å². The first-order valence-corrected chi connectivity index (χ1v) is 9.93. The molecule has 1 amide bonds. The number of nitrogens with zero attached hydrogens (tertiary/aromatic N) is 2. The maximum absolute atomic E-state index is 13.1. The van der Waals surface area contributed by atoms with E-state index in [1.807, 2.05) is 0 Å². The molecule has 5 heteroatoms. The third-order valence-electron chi connectivity index (χ3n) is 5.61. The van der Waals surface area contributed by atoms with E-state index in [0.29, 0.717) is 12.6 Å². The van der Waals surface area contributed by atoms with Gasteiger partial charge in [-0.1, -0.05) is 29.8 Å². The van der Waals surface area contributed by atoms with Crippen molar-refractivity contribution in [3.05, 3.63) is 52.3 Å². The summed E-state index contributed by atoms with van der Waals surface area (Å²) in [5.41, 5.74) is 6.72. The molecule has 2 heterocycles. The molecule has 1 saturated heterocycles. The fourth-order valence-corrected chi connectivity index (χ4v) is 4.10. The van der Waals surface area contributed by atoms with Gasteiger partial charge in [-0.05, 0) is 39.2 Å². The van der Waals surface area contributed by atoms with Gasteiger partial charge < -0.3 is 19.5 Å². The average molecular weight is 367 g/mol. The zero-order valence-corrected chi connectivity index (χ0v) is 16.5. The number of hydrogen-bond acceptors (Lipinski definition) is 3. The van der Waals surface area contributed by atoms with Crippen molar-refractivity contribution in [1.29, 1.82) is 0 Å². The normalized spacial score (nSPS) is 17.2. The molecule has 0 atom stereocenters. The largest absolute Gasteiger partial charge is 0.378 e. The van der Waals surface area contributed by atoms with Crippen LogP contribution in [0.5, 0.6) is 0 Å². The van der Waals surface area contributed by atoms with Crippen molar-refractivity contribution in [1.82, 2.24) is 9.88 Å². The van der Waals surface area contributed by atoms with E-state index >= 15 is 0 Å². The van der Waals surface area contributed by atoms with Gasteiger partial charge in [0.1, 0.15) is 5.69 Å². The van der Waals surface area contributed by atoms with Crippen LogP contribution >= 0.6 is 0 Å². The van der Waals surface area contributed by atoms with Crippen molar-refractivity contribution in [3.8, 4) is 0 Å². The second kappa shape index (κ2) is 7.39. The zero-order chi connectivity index (χ0) is 19.0. The number of carbonyl (C=O) groups is 1. The summed E-state index contributed by atoms with van der Waals surface area (Å²) < 4.78 is 7.73. The fraction of sp³-hybridized carbons (Fsp3) is 0.500. The van der Waals surface area contributed by atoms with E-state index < -0.39 is 0 Å². The lowest BCUT2D eigenvalue weighted by Gasteiger charge is -2.29. The first-order valence-electron chi connectivity index (χ1n) is 9.93. The Morgan fingerprint density at radius 2 is 1.93 bits per heavy atom. The molecule has 1 saturated carbocycles. The lowest BCUT2D eigenvalue weighted by molar-refractivity contribution is 0.0941. The number of ether oxygens (including phenoxy) is 1. The smallest absolute Gasteiger partial charge is 0.268 e. The van der Waals surface area contributed by atoms with E-state index in [4.69, 9.17) is 4.74 Å². The van der Waals surface area contributed by atoms with E-state index in [9.17, 15) is 4.79 Å². The Morgan fingerprint density at radius 3 is 2.59 bits per heavy atom. The highest BCUT2D eigenvalue weighted by atomic mass is 16.5. The molecule has 1 aromatic carbocycles. The number of aromatic nitrogens is 1. The first-order chi connectivity index (χ1) is 13.0. The average Bonchev–Trinajstić information content (AvgIpc) is 3.42. The summed E-state index contributed by atoms with van der Waals surface area (Å²) in [6.07, 6.45) is 2.19. The van der Waals surface area contributed by atoms with Crippen molar-refractivity contribution in [2.24, 2.45) is 0 Å². The summed E-state index contributed by atoms with van der Waals surface area (Å²) in [6, 6.07) is 8.89. The second-order valence-corrected chi connectivity index (χ2v) is 7.83. The number of morpholine rings is 1. The number of benzene rings is 1. The van der Waals surface area contributed by atoms with E-state index in [1.165, 1.54) is 16.8 Å². The van der Waals surface area contributed by atoms with Crippen molar-refractivity contribution < 1.29 is 9.53 Å². The minimum atomic E-state index is 0.0604. The number of aryl methyl sites for hydroxylation is 1. The van der Waals surface area contributed by atoms with Crippen LogP contribution in [0, 0.1) is 20.8 Å². The Labute approximate surface area is 161 Å². The van der Waals surface area contributed by atoms with Crippen molar-refractivity contribution in [3.63, 3.8) is 0 Å². The monoisotopic (exact) mass is 367 g/mol. The summed E-state index contributed by atoms with van der Waals surface area (Å²) in [6.45, 7) is 10.3. The lowest BCUT2D eigenvalue weighted by atomic mass is 10.1. The molecule has 0 bridgehead atoms. The number of amides is 1. The molecule has 2 fully saturated rings. The molecule has 2 aliphatic rings. The summed E-state index contributed by atoms with van der Waals surface area (Å²) in [5.74, 6) is 0.0604. The van der Waals surface area contributed by atoms with Crippen LogP contribution in [-0.2, 0) is 11.3 Å². The highest BCUT2D eigenvalue weighted by molar-refractivity contribution is 5.97. The zero-order valence-electron chi connectivity index (χ0n) is 16.5. The molecule has 0 spiro atoms. The quantitative estimate of drug-likeness (QED) is 0.883. The van der Waals surface area contributed by atoms with Crippen LogP contribution in [0.3, 0.4) is 0 Å². The van der Waals surface area contributed by atoms with Crippen LogP contribution in [0.15, 0.2) is 24.3 Å². The maximum atomic E-state index is 13.1. The molecule has 144 valence electrons. The molecule has 0 unspecified atom stereocenters. The topological polar surface area (TPSA) is 46.5 Å². The molecule has 27 heavy (non-hydrogen) atoms. The molecule has 1 aliphatic heterocycles. The van der Waals surface area contributed by atoms with E-state index in [2.05, 4.69) is 59.8 Å². The van der Waals surface area contributed by atoms with Gasteiger partial charge in [0, 0.05) is 36.9 Å². The predicted molar refractivity (Wildman–Crippen MR) is 108 cm³/mol. The SMILES string of the molecule is Cc1cccc(Cn2c(C)c(N3CCOCC3)c(C)c2C(=O)NC2CC2)c1. The van der Waals surface area contributed by atoms with Gasteiger partial charge in [-0.2, -0.15) is 0 Å². The molecule has 1 N–H and O–H groups in total. The van der Waals surface area contributed by atoms with Gasteiger partial charge in [-0.25, -0.2) is 0 Å². The minimum Gasteiger partial charge on any atom is -0.378 e. The van der Waals surface area contributed by atoms with Gasteiger partial charge in [0.2, 0.25) is 0 Å². The molecule has 0 radical (unpaired) electrons. The van der Waals surface area contributed by atoms with E-state index in [0.717, 1.165) is 56.1 Å². The van der Waals surface area contributed by atoms with Crippen LogP contribution in [0.2, 0.25) is 0 Å². The Bertz CT molecular complexity index is 845. The van der Waals surface area contributed by atoms with Crippen molar-refractivity contribution in [2.75, 3.05) is 31.2 Å². The first kappa shape index (κ1) is 18.1. The third kappa shape index (κ3) is 3.74. The Morgan fingerprint density at radius 1 is 1.19 bits per heavy atom. The van der Waals surface area contributed by atoms with Crippen LogP contribution < -0.4 is 10.2 Å². The minimum absolute atomic E-state index is 0.0604. The molecule has 5 nitrogen and oxygen atoms in total. The summed E-state index contributed by atoms with van der Waals surface area (Å²) >= 11 is 0. The molecular formula is C22H29N3O2. The van der Waals surface area contributed by atoms with Gasteiger partial charge in [0.15, 0.2) is 0 Å². The highest BCUT2D eigenvalue weighted by Crippen LogP contribution is 2.33. The van der Waals surface area contributed by atoms with Crippen LogP contribution in [0.1, 0.15) is 45.7 Å². The van der Waals surface area contributed by atoms with E-state index in [1.54, 1.807) is 0 Å². The highest BCUT2D eigenvalue weighted by Gasteiger charge is 2.30. The number of rotatable bonds is 5. The fourth-order valence-electron chi connectivity index (χ4n) is 4.10. The number of carbonyl (C=O) groups excluding carboxylic acids is 1. The molecule has 2 aromatic rings. The number of nitrogens with one attached hydrogen (secondary N) is 1. The Hall–Kier alpha value is -2.27. The van der Waals surface area contributed by atoms with E-state index in [-0.39, 0.29) is 5.91 Å². The third-order valence-corrected chi connectivity index (χ3v) is 5.61. The maximum Gasteiger partial charge on any atom is 0.268 e. The van der Waals surface area contributed by atoms with Gasteiger partial charge in [0.05, 0.1) is 18.9 Å². The lowest BCUT2D eigenvalue weighted by Crippen LogP contribution is -2.36. The molecule has 4 rings (SSSR count). The standard InChI is InChI=1S/C22H29N3O2/c1-15-5-4-6-18(13-15)14-25-17(3)20(24-9-11-27-12-10-24)16(2)21(25)22(26)23-19-7-8-19/h4-6,13,19H,7-12,14H2,1-3H3,(H,23,26). The van der Waals surface area contributed by atoms with Crippen molar-refractivity contribution >= 4 is 11.6 Å². The molecule has 1 aromatic heterocycles.